The number of carboxylic acids is 1. The molecule has 0 aliphatic rings. The van der Waals surface area contributed by atoms with Crippen molar-refractivity contribution in [1.29, 1.82) is 0 Å². The molecule has 1 aromatic carbocycles. The van der Waals surface area contributed by atoms with Crippen LogP contribution in [0.25, 0.3) is 5.69 Å². The Labute approximate surface area is 112 Å². The van der Waals surface area contributed by atoms with E-state index in [9.17, 15) is 18.0 Å². The SMILES string of the molecule is CC(C)c1cc(C(=O)O)nn1-c1cc(F)c(F)c(F)c1. The maximum absolute atomic E-state index is 13.3. The molecular formula is C13H11F3N2O2. The standard InChI is InChI=1S/C13H11F3N2O2/c1-6(2)11-5-10(13(19)20)17-18(11)7-3-8(14)12(16)9(15)4-7/h3-6H,1-2H3,(H,19,20). The summed E-state index contributed by atoms with van der Waals surface area (Å²) in [5, 5.41) is 12.7. The van der Waals surface area contributed by atoms with E-state index in [0.29, 0.717) is 5.69 Å². The minimum absolute atomic E-state index is 0.0717. The Hall–Kier alpha value is -2.31. The lowest BCUT2D eigenvalue weighted by Gasteiger charge is -2.10. The third-order valence-electron chi connectivity index (χ3n) is 2.76. The second-order valence-corrected chi connectivity index (χ2v) is 4.55. The molecular weight excluding hydrogens is 273 g/mol. The van der Waals surface area contributed by atoms with Crippen LogP contribution < -0.4 is 0 Å². The smallest absolute Gasteiger partial charge is 0.356 e. The lowest BCUT2D eigenvalue weighted by atomic mass is 10.1. The number of rotatable bonds is 3. The molecule has 4 nitrogen and oxygen atoms in total. The van der Waals surface area contributed by atoms with E-state index >= 15 is 0 Å². The van der Waals surface area contributed by atoms with Crippen LogP contribution in [0.5, 0.6) is 0 Å². The second-order valence-electron chi connectivity index (χ2n) is 4.55. The van der Waals surface area contributed by atoms with Crippen LogP contribution in [0.15, 0.2) is 18.2 Å². The van der Waals surface area contributed by atoms with Crippen LogP contribution in [0.1, 0.15) is 35.9 Å². The lowest BCUT2D eigenvalue weighted by molar-refractivity contribution is 0.0690. The average Bonchev–Trinajstić information content (AvgIpc) is 2.80. The fraction of sp³-hybridized carbons (Fsp3) is 0.231. The summed E-state index contributed by atoms with van der Waals surface area (Å²) in [6, 6.07) is 2.85. The molecule has 1 heterocycles. The van der Waals surface area contributed by atoms with Gasteiger partial charge in [0.15, 0.2) is 23.1 Å². The lowest BCUT2D eigenvalue weighted by Crippen LogP contribution is -2.07. The first kappa shape index (κ1) is 14.1. The van der Waals surface area contributed by atoms with E-state index in [1.54, 1.807) is 13.8 Å². The molecule has 20 heavy (non-hydrogen) atoms. The number of aromatic nitrogens is 2. The zero-order valence-corrected chi connectivity index (χ0v) is 10.7. The van der Waals surface area contributed by atoms with Gasteiger partial charge in [0, 0.05) is 17.8 Å². The van der Waals surface area contributed by atoms with Gasteiger partial charge in [-0.1, -0.05) is 13.8 Å². The highest BCUT2D eigenvalue weighted by Gasteiger charge is 2.19. The summed E-state index contributed by atoms with van der Waals surface area (Å²) in [5.41, 5.74) is 0.129. The van der Waals surface area contributed by atoms with Gasteiger partial charge in [-0.05, 0) is 12.0 Å². The minimum atomic E-state index is -1.58. The van der Waals surface area contributed by atoms with Crippen molar-refractivity contribution in [1.82, 2.24) is 9.78 Å². The van der Waals surface area contributed by atoms with Crippen molar-refractivity contribution in [3.05, 3.63) is 47.0 Å². The summed E-state index contributed by atoms with van der Waals surface area (Å²) < 4.78 is 40.5. The van der Waals surface area contributed by atoms with Crippen molar-refractivity contribution >= 4 is 5.97 Å². The number of aromatic carboxylic acids is 1. The number of carboxylic acid groups (broad SMARTS) is 1. The summed E-state index contributed by atoms with van der Waals surface area (Å²) in [6.45, 7) is 3.55. The van der Waals surface area contributed by atoms with E-state index < -0.39 is 23.4 Å². The van der Waals surface area contributed by atoms with Crippen LogP contribution in [-0.2, 0) is 0 Å². The number of carbonyl (C=O) groups is 1. The zero-order chi connectivity index (χ0) is 15.0. The van der Waals surface area contributed by atoms with Gasteiger partial charge in [0.05, 0.1) is 5.69 Å². The Bertz CT molecular complexity index is 657. The van der Waals surface area contributed by atoms with Gasteiger partial charge in [-0.25, -0.2) is 22.6 Å². The number of hydrogen-bond acceptors (Lipinski definition) is 2. The summed E-state index contributed by atoms with van der Waals surface area (Å²) in [6.07, 6.45) is 0. The Morgan fingerprint density at radius 2 is 1.75 bits per heavy atom. The van der Waals surface area contributed by atoms with Gasteiger partial charge in [-0.15, -0.1) is 0 Å². The molecule has 0 aliphatic heterocycles. The van der Waals surface area contributed by atoms with Gasteiger partial charge >= 0.3 is 5.97 Å². The summed E-state index contributed by atoms with van der Waals surface area (Å²) in [7, 11) is 0. The maximum Gasteiger partial charge on any atom is 0.356 e. The van der Waals surface area contributed by atoms with E-state index in [2.05, 4.69) is 5.10 Å². The average molecular weight is 284 g/mol. The van der Waals surface area contributed by atoms with Gasteiger partial charge in [0.25, 0.3) is 0 Å². The quantitative estimate of drug-likeness (QED) is 0.881. The van der Waals surface area contributed by atoms with Gasteiger partial charge < -0.3 is 5.11 Å². The summed E-state index contributed by atoms with van der Waals surface area (Å²) in [4.78, 5) is 10.9. The Kier molecular flexibility index (Phi) is 3.52. The van der Waals surface area contributed by atoms with Crippen molar-refractivity contribution < 1.29 is 23.1 Å². The number of nitrogens with zero attached hydrogens (tertiary/aromatic N) is 2. The molecule has 7 heteroatoms. The first-order chi connectivity index (χ1) is 9.31. The Balaban J connectivity index is 2.65. The van der Waals surface area contributed by atoms with Gasteiger partial charge in [0.2, 0.25) is 0 Å². The van der Waals surface area contributed by atoms with Gasteiger partial charge in [0.1, 0.15) is 0 Å². The van der Waals surface area contributed by atoms with Crippen molar-refractivity contribution in [2.45, 2.75) is 19.8 Å². The monoisotopic (exact) mass is 284 g/mol. The molecule has 2 rings (SSSR count). The molecule has 0 saturated heterocycles. The highest BCUT2D eigenvalue weighted by molar-refractivity contribution is 5.85. The van der Waals surface area contributed by atoms with Crippen LogP contribution in [-0.4, -0.2) is 20.9 Å². The van der Waals surface area contributed by atoms with E-state index in [4.69, 9.17) is 5.11 Å². The Morgan fingerprint density at radius 3 is 2.20 bits per heavy atom. The highest BCUT2D eigenvalue weighted by atomic mass is 19.2. The molecule has 106 valence electrons. The third kappa shape index (κ3) is 2.38. The fourth-order valence-corrected chi connectivity index (χ4v) is 1.78. The topological polar surface area (TPSA) is 55.1 Å². The normalized spacial score (nSPS) is 11.1. The molecule has 0 bridgehead atoms. The van der Waals surface area contributed by atoms with Crippen LogP contribution >= 0.6 is 0 Å². The molecule has 0 amide bonds. The predicted molar refractivity (Wildman–Crippen MR) is 64.5 cm³/mol. The molecule has 0 fully saturated rings. The molecule has 0 unspecified atom stereocenters. The fourth-order valence-electron chi connectivity index (χ4n) is 1.78. The van der Waals surface area contributed by atoms with Gasteiger partial charge in [-0.2, -0.15) is 5.10 Å². The minimum Gasteiger partial charge on any atom is -0.476 e. The van der Waals surface area contributed by atoms with Crippen molar-refractivity contribution in [3.63, 3.8) is 0 Å². The van der Waals surface area contributed by atoms with Crippen molar-refractivity contribution in [2.24, 2.45) is 0 Å². The molecule has 0 atom stereocenters. The molecule has 1 N–H and O–H groups in total. The second kappa shape index (κ2) is 4.99. The largest absolute Gasteiger partial charge is 0.476 e. The first-order valence-electron chi connectivity index (χ1n) is 5.79. The number of hydrogen-bond donors (Lipinski definition) is 1. The molecule has 0 saturated carbocycles. The van der Waals surface area contributed by atoms with E-state index in [0.717, 1.165) is 16.8 Å². The van der Waals surface area contributed by atoms with E-state index in [1.807, 2.05) is 0 Å². The molecule has 0 radical (unpaired) electrons. The van der Waals surface area contributed by atoms with Crippen LogP contribution in [0, 0.1) is 17.5 Å². The van der Waals surface area contributed by atoms with Crippen molar-refractivity contribution in [3.8, 4) is 5.69 Å². The Morgan fingerprint density at radius 1 is 1.20 bits per heavy atom. The summed E-state index contributed by atoms with van der Waals surface area (Å²) in [5.74, 6) is -5.69. The van der Waals surface area contributed by atoms with Crippen molar-refractivity contribution in [2.75, 3.05) is 0 Å². The molecule has 0 aliphatic carbocycles. The predicted octanol–water partition coefficient (Wildman–Crippen LogP) is 3.11. The van der Waals surface area contributed by atoms with E-state index in [-0.39, 0.29) is 17.3 Å². The maximum atomic E-state index is 13.3. The molecule has 2 aromatic rings. The first-order valence-corrected chi connectivity index (χ1v) is 5.79. The molecule has 0 spiro atoms. The number of benzene rings is 1. The highest BCUT2D eigenvalue weighted by Crippen LogP contribution is 2.23. The molecule has 1 aromatic heterocycles. The summed E-state index contributed by atoms with van der Waals surface area (Å²) >= 11 is 0. The third-order valence-corrected chi connectivity index (χ3v) is 2.76. The van der Waals surface area contributed by atoms with Crippen LogP contribution in [0.2, 0.25) is 0 Å². The van der Waals surface area contributed by atoms with Gasteiger partial charge in [-0.3, -0.25) is 0 Å². The van der Waals surface area contributed by atoms with Crippen LogP contribution in [0.3, 0.4) is 0 Å². The zero-order valence-electron chi connectivity index (χ0n) is 10.7. The number of halogens is 3. The van der Waals surface area contributed by atoms with E-state index in [1.165, 1.54) is 6.07 Å². The van der Waals surface area contributed by atoms with Crippen LogP contribution in [0.4, 0.5) is 13.2 Å².